The van der Waals surface area contributed by atoms with Crippen LogP contribution in [0.2, 0.25) is 5.02 Å². The van der Waals surface area contributed by atoms with Crippen molar-refractivity contribution in [1.29, 1.82) is 0 Å². The molecule has 0 heterocycles. The molecule has 24 heavy (non-hydrogen) atoms. The van der Waals surface area contributed by atoms with Crippen LogP contribution in [0.15, 0.2) is 42.5 Å². The number of carbonyl (C=O) groups excluding carboxylic acids is 1. The normalized spacial score (nSPS) is 9.92. The van der Waals surface area contributed by atoms with Crippen molar-refractivity contribution in [2.24, 2.45) is 5.73 Å². The van der Waals surface area contributed by atoms with Crippen molar-refractivity contribution < 1.29 is 14.3 Å². The standard InChI is InChI=1S/C17H19ClN2O3.ClH/c1-22-16-8-12(6-7-15(16)23-11-17(19)21)9-20-10-13-4-2-3-5-14(13)18;/h2-8,20H,9-11H2,1H3,(H2,19,21);1H. The molecule has 2 rings (SSSR count). The summed E-state index contributed by atoms with van der Waals surface area (Å²) in [5, 5.41) is 4.07. The Kier molecular flexibility index (Phi) is 8.40. The Morgan fingerprint density at radius 3 is 2.58 bits per heavy atom. The third-order valence-corrected chi connectivity index (χ3v) is 3.57. The predicted molar refractivity (Wildman–Crippen MR) is 96.9 cm³/mol. The minimum absolute atomic E-state index is 0. The Hall–Kier alpha value is -1.95. The van der Waals surface area contributed by atoms with E-state index in [1.165, 1.54) is 0 Å². The summed E-state index contributed by atoms with van der Waals surface area (Å²) in [6.07, 6.45) is 0. The fourth-order valence-corrected chi connectivity index (χ4v) is 2.28. The number of carbonyl (C=O) groups is 1. The van der Waals surface area contributed by atoms with Crippen molar-refractivity contribution >= 4 is 29.9 Å². The van der Waals surface area contributed by atoms with Crippen LogP contribution in [0.25, 0.3) is 0 Å². The van der Waals surface area contributed by atoms with E-state index in [4.69, 9.17) is 26.8 Å². The molecule has 0 aliphatic rings. The smallest absolute Gasteiger partial charge is 0.255 e. The van der Waals surface area contributed by atoms with Gasteiger partial charge in [-0.15, -0.1) is 12.4 Å². The lowest BCUT2D eigenvalue weighted by molar-refractivity contribution is -0.119. The molecule has 0 aliphatic heterocycles. The van der Waals surface area contributed by atoms with Crippen LogP contribution in [-0.4, -0.2) is 19.6 Å². The van der Waals surface area contributed by atoms with Gasteiger partial charge in [-0.1, -0.05) is 35.9 Å². The van der Waals surface area contributed by atoms with Crippen molar-refractivity contribution in [3.63, 3.8) is 0 Å². The molecule has 3 N–H and O–H groups in total. The summed E-state index contributed by atoms with van der Waals surface area (Å²) in [6, 6.07) is 13.2. The molecule has 0 bridgehead atoms. The SMILES string of the molecule is COc1cc(CNCc2ccccc2Cl)ccc1OCC(N)=O.Cl. The van der Waals surface area contributed by atoms with Crippen LogP contribution in [0.1, 0.15) is 11.1 Å². The fourth-order valence-electron chi connectivity index (χ4n) is 2.07. The summed E-state index contributed by atoms with van der Waals surface area (Å²) < 4.78 is 10.6. The average molecular weight is 371 g/mol. The molecule has 0 radical (unpaired) electrons. The minimum Gasteiger partial charge on any atom is -0.493 e. The predicted octanol–water partition coefficient (Wildman–Crippen LogP) is 2.92. The summed E-state index contributed by atoms with van der Waals surface area (Å²) >= 11 is 6.12. The number of halogens is 2. The molecule has 0 saturated carbocycles. The second kappa shape index (κ2) is 10.0. The van der Waals surface area contributed by atoms with E-state index in [2.05, 4.69) is 5.32 Å². The zero-order valence-electron chi connectivity index (χ0n) is 13.3. The molecule has 0 atom stereocenters. The highest BCUT2D eigenvalue weighted by atomic mass is 35.5. The second-order valence-corrected chi connectivity index (χ2v) is 5.34. The van der Waals surface area contributed by atoms with Crippen LogP contribution in [0, 0.1) is 0 Å². The first-order valence-corrected chi connectivity index (χ1v) is 7.50. The fraction of sp³-hybridized carbons (Fsp3) is 0.235. The lowest BCUT2D eigenvalue weighted by Crippen LogP contribution is -2.20. The largest absolute Gasteiger partial charge is 0.493 e. The molecule has 7 heteroatoms. The van der Waals surface area contributed by atoms with Crippen LogP contribution in [0.4, 0.5) is 0 Å². The van der Waals surface area contributed by atoms with Crippen LogP contribution < -0.4 is 20.5 Å². The minimum atomic E-state index is -0.530. The number of amides is 1. The summed E-state index contributed by atoms with van der Waals surface area (Å²) in [7, 11) is 1.55. The molecule has 0 aliphatic carbocycles. The number of nitrogens with one attached hydrogen (secondary N) is 1. The highest BCUT2D eigenvalue weighted by Crippen LogP contribution is 2.28. The van der Waals surface area contributed by atoms with Gasteiger partial charge in [0.25, 0.3) is 5.91 Å². The van der Waals surface area contributed by atoms with Gasteiger partial charge < -0.3 is 20.5 Å². The molecular weight excluding hydrogens is 351 g/mol. The van der Waals surface area contributed by atoms with Crippen LogP contribution in [-0.2, 0) is 17.9 Å². The molecule has 0 spiro atoms. The first-order chi connectivity index (χ1) is 11.1. The number of rotatable bonds is 8. The first kappa shape index (κ1) is 20.1. The van der Waals surface area contributed by atoms with Gasteiger partial charge in [0.15, 0.2) is 18.1 Å². The monoisotopic (exact) mass is 370 g/mol. The van der Waals surface area contributed by atoms with E-state index < -0.39 is 5.91 Å². The van der Waals surface area contributed by atoms with E-state index in [1.807, 2.05) is 36.4 Å². The van der Waals surface area contributed by atoms with Gasteiger partial charge in [-0.3, -0.25) is 4.79 Å². The van der Waals surface area contributed by atoms with Gasteiger partial charge in [-0.05, 0) is 29.3 Å². The van der Waals surface area contributed by atoms with Gasteiger partial charge in [-0.2, -0.15) is 0 Å². The Morgan fingerprint density at radius 1 is 1.17 bits per heavy atom. The van der Waals surface area contributed by atoms with E-state index in [1.54, 1.807) is 13.2 Å². The maximum Gasteiger partial charge on any atom is 0.255 e. The zero-order valence-corrected chi connectivity index (χ0v) is 14.8. The summed E-state index contributed by atoms with van der Waals surface area (Å²) in [6.45, 7) is 1.14. The Labute approximate surface area is 152 Å². The van der Waals surface area contributed by atoms with Crippen molar-refractivity contribution in [2.45, 2.75) is 13.1 Å². The van der Waals surface area contributed by atoms with Gasteiger partial charge in [0.05, 0.1) is 7.11 Å². The average Bonchev–Trinajstić information content (AvgIpc) is 2.55. The maximum absolute atomic E-state index is 10.8. The number of benzene rings is 2. The second-order valence-electron chi connectivity index (χ2n) is 4.94. The molecule has 5 nitrogen and oxygen atoms in total. The van der Waals surface area contributed by atoms with E-state index >= 15 is 0 Å². The highest BCUT2D eigenvalue weighted by Gasteiger charge is 2.07. The molecule has 2 aromatic carbocycles. The van der Waals surface area contributed by atoms with Crippen molar-refractivity contribution in [3.8, 4) is 11.5 Å². The van der Waals surface area contributed by atoms with Gasteiger partial charge in [0.1, 0.15) is 0 Å². The third-order valence-electron chi connectivity index (χ3n) is 3.20. The van der Waals surface area contributed by atoms with Crippen molar-refractivity contribution in [1.82, 2.24) is 5.32 Å². The van der Waals surface area contributed by atoms with Gasteiger partial charge in [0, 0.05) is 18.1 Å². The molecule has 0 fully saturated rings. The molecule has 1 amide bonds. The van der Waals surface area contributed by atoms with Gasteiger partial charge in [-0.25, -0.2) is 0 Å². The lowest BCUT2D eigenvalue weighted by Gasteiger charge is -2.12. The first-order valence-electron chi connectivity index (χ1n) is 7.12. The quantitative estimate of drug-likeness (QED) is 0.748. The van der Waals surface area contributed by atoms with E-state index in [0.29, 0.717) is 24.6 Å². The van der Waals surface area contributed by atoms with Gasteiger partial charge >= 0.3 is 0 Å². The highest BCUT2D eigenvalue weighted by molar-refractivity contribution is 6.31. The molecular formula is C17H20Cl2N2O3. The number of ether oxygens (including phenoxy) is 2. The van der Waals surface area contributed by atoms with Crippen LogP contribution >= 0.6 is 24.0 Å². The number of primary amides is 1. The van der Waals surface area contributed by atoms with Crippen LogP contribution in [0.3, 0.4) is 0 Å². The Balaban J connectivity index is 0.00000288. The van der Waals surface area contributed by atoms with Crippen molar-refractivity contribution in [3.05, 3.63) is 58.6 Å². The molecule has 130 valence electrons. The Morgan fingerprint density at radius 2 is 1.92 bits per heavy atom. The number of hydrogen-bond acceptors (Lipinski definition) is 4. The molecule has 2 aromatic rings. The Bertz CT molecular complexity index is 681. The summed E-state index contributed by atoms with van der Waals surface area (Å²) in [5.74, 6) is 0.516. The number of methoxy groups -OCH3 is 1. The summed E-state index contributed by atoms with van der Waals surface area (Å²) in [5.41, 5.74) is 7.14. The third kappa shape index (κ3) is 5.92. The van der Waals surface area contributed by atoms with Crippen molar-refractivity contribution in [2.75, 3.05) is 13.7 Å². The summed E-state index contributed by atoms with van der Waals surface area (Å²) in [4.78, 5) is 10.8. The van der Waals surface area contributed by atoms with Crippen LogP contribution in [0.5, 0.6) is 11.5 Å². The number of hydrogen-bond donors (Lipinski definition) is 2. The maximum atomic E-state index is 10.8. The molecule has 0 saturated heterocycles. The zero-order chi connectivity index (χ0) is 16.7. The molecule has 0 aromatic heterocycles. The van der Waals surface area contributed by atoms with E-state index in [-0.39, 0.29) is 19.0 Å². The van der Waals surface area contributed by atoms with E-state index in [9.17, 15) is 4.79 Å². The topological polar surface area (TPSA) is 73.6 Å². The van der Waals surface area contributed by atoms with Gasteiger partial charge in [0.2, 0.25) is 0 Å². The molecule has 0 unspecified atom stereocenters. The number of nitrogens with two attached hydrogens (primary N) is 1. The lowest BCUT2D eigenvalue weighted by atomic mass is 10.2. The van der Waals surface area contributed by atoms with E-state index in [0.717, 1.165) is 16.1 Å².